The molecule has 1 aliphatic rings. The Kier molecular flexibility index (Phi) is 3.80. The maximum atomic E-state index is 13.3. The van der Waals surface area contributed by atoms with Crippen molar-refractivity contribution in [1.29, 1.82) is 0 Å². The predicted molar refractivity (Wildman–Crippen MR) is 90.9 cm³/mol. The highest BCUT2D eigenvalue weighted by atomic mass is 19.1. The number of nitrogens with zero attached hydrogens (tertiary/aromatic N) is 3. The van der Waals surface area contributed by atoms with E-state index in [0.717, 1.165) is 29.7 Å². The normalized spacial score (nSPS) is 21.0. The fourth-order valence-corrected chi connectivity index (χ4v) is 3.22. The van der Waals surface area contributed by atoms with Crippen LogP contribution in [0.5, 0.6) is 5.75 Å². The Balaban J connectivity index is 1.70. The first kappa shape index (κ1) is 14.9. The van der Waals surface area contributed by atoms with Crippen molar-refractivity contribution in [2.75, 3.05) is 5.32 Å². The van der Waals surface area contributed by atoms with E-state index in [4.69, 9.17) is 4.98 Å². The number of rotatable bonds is 3. The summed E-state index contributed by atoms with van der Waals surface area (Å²) >= 11 is 0. The summed E-state index contributed by atoms with van der Waals surface area (Å²) < 4.78 is 15.3. The number of fused-ring (bicyclic) bond motifs is 1. The molecule has 3 aromatic rings. The van der Waals surface area contributed by atoms with Gasteiger partial charge in [0.25, 0.3) is 0 Å². The number of phenols is 1. The summed E-state index contributed by atoms with van der Waals surface area (Å²) in [6.45, 7) is 0. The summed E-state index contributed by atoms with van der Waals surface area (Å²) in [5.74, 6) is 0.902. The molecule has 1 aliphatic carbocycles. The molecular weight excluding hydrogens is 307 g/mol. The summed E-state index contributed by atoms with van der Waals surface area (Å²) in [4.78, 5) is 9.06. The lowest BCUT2D eigenvalue weighted by Crippen LogP contribution is -2.27. The number of alkyl halides is 1. The molecule has 1 fully saturated rings. The number of hydrogen-bond donors (Lipinski definition) is 2. The second-order valence-electron chi connectivity index (χ2n) is 6.28. The molecule has 0 saturated heterocycles. The van der Waals surface area contributed by atoms with Gasteiger partial charge in [-0.1, -0.05) is 12.1 Å². The lowest BCUT2D eigenvalue weighted by Gasteiger charge is -2.25. The molecule has 0 aliphatic heterocycles. The molecule has 6 heteroatoms. The largest absolute Gasteiger partial charge is 0.508 e. The lowest BCUT2D eigenvalue weighted by molar-refractivity contribution is 0.241. The van der Waals surface area contributed by atoms with Crippen molar-refractivity contribution in [3.63, 3.8) is 0 Å². The number of imidazole rings is 1. The molecule has 2 N–H and O–H groups in total. The first-order valence-electron chi connectivity index (χ1n) is 8.23. The van der Waals surface area contributed by atoms with E-state index < -0.39 is 6.17 Å². The zero-order chi connectivity index (χ0) is 16.5. The van der Waals surface area contributed by atoms with Crippen LogP contribution in [-0.4, -0.2) is 31.7 Å². The van der Waals surface area contributed by atoms with Gasteiger partial charge in [-0.25, -0.2) is 14.4 Å². The van der Waals surface area contributed by atoms with Crippen LogP contribution in [0.3, 0.4) is 0 Å². The minimum absolute atomic E-state index is 0.204. The second-order valence-corrected chi connectivity index (χ2v) is 6.28. The smallest absolute Gasteiger partial charge is 0.180 e. The van der Waals surface area contributed by atoms with Gasteiger partial charge < -0.3 is 14.8 Å². The number of phenolic OH excluding ortho intramolecular Hbond substituents is 1. The highest BCUT2D eigenvalue weighted by Crippen LogP contribution is 2.28. The third-order valence-corrected chi connectivity index (χ3v) is 4.51. The summed E-state index contributed by atoms with van der Waals surface area (Å²) in [7, 11) is 0. The fraction of sp³-hybridized carbons (Fsp3) is 0.333. The van der Waals surface area contributed by atoms with E-state index in [9.17, 15) is 9.50 Å². The van der Waals surface area contributed by atoms with Crippen molar-refractivity contribution in [2.45, 2.75) is 37.9 Å². The van der Waals surface area contributed by atoms with Gasteiger partial charge in [-0.15, -0.1) is 0 Å². The van der Waals surface area contributed by atoms with Crippen LogP contribution in [0.25, 0.3) is 16.9 Å². The van der Waals surface area contributed by atoms with Gasteiger partial charge in [0, 0.05) is 30.2 Å². The number of aromatic nitrogens is 3. The number of nitrogens with one attached hydrogen (secondary N) is 1. The number of benzene rings is 1. The van der Waals surface area contributed by atoms with Crippen molar-refractivity contribution in [3.8, 4) is 17.0 Å². The fourth-order valence-electron chi connectivity index (χ4n) is 3.22. The van der Waals surface area contributed by atoms with Crippen molar-refractivity contribution >= 4 is 11.5 Å². The topological polar surface area (TPSA) is 62.5 Å². The Morgan fingerprint density at radius 2 is 2.04 bits per heavy atom. The average molecular weight is 326 g/mol. The number of halogens is 1. The maximum Gasteiger partial charge on any atom is 0.180 e. The molecule has 0 spiro atoms. The Hall–Kier alpha value is -2.63. The van der Waals surface area contributed by atoms with Gasteiger partial charge in [-0.05, 0) is 37.8 Å². The highest BCUT2D eigenvalue weighted by Gasteiger charge is 2.22. The van der Waals surface area contributed by atoms with E-state index in [1.54, 1.807) is 24.4 Å². The minimum Gasteiger partial charge on any atom is -0.508 e. The van der Waals surface area contributed by atoms with Gasteiger partial charge in [0.05, 0.1) is 5.69 Å². The summed E-state index contributed by atoms with van der Waals surface area (Å²) in [5.41, 5.74) is 2.33. The van der Waals surface area contributed by atoms with Crippen LogP contribution in [0.1, 0.15) is 25.7 Å². The van der Waals surface area contributed by atoms with E-state index in [-0.39, 0.29) is 11.8 Å². The molecule has 2 aromatic heterocycles. The third kappa shape index (κ3) is 2.91. The SMILES string of the molecule is Oc1cccc(-c2cn3ccnc3c(NC3CCC(F)CC3)n2)c1. The highest BCUT2D eigenvalue weighted by molar-refractivity contribution is 5.70. The van der Waals surface area contributed by atoms with E-state index >= 15 is 0 Å². The van der Waals surface area contributed by atoms with Gasteiger partial charge in [-0.2, -0.15) is 0 Å². The van der Waals surface area contributed by atoms with Gasteiger partial charge in [0.1, 0.15) is 11.9 Å². The zero-order valence-corrected chi connectivity index (χ0v) is 13.2. The van der Waals surface area contributed by atoms with Gasteiger partial charge in [-0.3, -0.25) is 0 Å². The molecule has 5 nitrogen and oxygen atoms in total. The van der Waals surface area contributed by atoms with Crippen LogP contribution in [-0.2, 0) is 0 Å². The van der Waals surface area contributed by atoms with Crippen molar-refractivity contribution in [1.82, 2.24) is 14.4 Å². The first-order chi connectivity index (χ1) is 11.7. The molecule has 24 heavy (non-hydrogen) atoms. The second kappa shape index (κ2) is 6.11. The molecule has 2 heterocycles. The molecular formula is C18H19FN4O. The van der Waals surface area contributed by atoms with Crippen molar-refractivity contribution < 1.29 is 9.50 Å². The zero-order valence-electron chi connectivity index (χ0n) is 13.2. The van der Waals surface area contributed by atoms with E-state index in [0.29, 0.717) is 18.7 Å². The first-order valence-corrected chi connectivity index (χ1v) is 8.23. The van der Waals surface area contributed by atoms with Crippen LogP contribution < -0.4 is 5.32 Å². The van der Waals surface area contributed by atoms with Gasteiger partial charge in [0.2, 0.25) is 0 Å². The van der Waals surface area contributed by atoms with Crippen LogP contribution in [0.15, 0.2) is 42.9 Å². The van der Waals surface area contributed by atoms with E-state index in [1.165, 1.54) is 0 Å². The standard InChI is InChI=1S/C18H19FN4O/c19-13-4-6-14(7-5-13)21-17-18-20-8-9-23(18)11-16(22-17)12-2-1-3-15(24)10-12/h1-3,8-11,13-14,24H,4-7H2,(H,21,22). The summed E-state index contributed by atoms with van der Waals surface area (Å²) in [5, 5.41) is 13.1. The number of hydrogen-bond acceptors (Lipinski definition) is 4. The van der Waals surface area contributed by atoms with Crippen molar-refractivity contribution in [3.05, 3.63) is 42.9 Å². The molecule has 0 bridgehead atoms. The lowest BCUT2D eigenvalue weighted by atomic mass is 9.94. The monoisotopic (exact) mass is 326 g/mol. The van der Waals surface area contributed by atoms with E-state index in [2.05, 4.69) is 10.3 Å². The Labute approximate surface area is 139 Å². The summed E-state index contributed by atoms with van der Waals surface area (Å²) in [6, 6.07) is 7.23. The predicted octanol–water partition coefficient (Wildman–Crippen LogP) is 3.79. The van der Waals surface area contributed by atoms with Gasteiger partial charge >= 0.3 is 0 Å². The molecule has 124 valence electrons. The number of aromatic hydroxyl groups is 1. The third-order valence-electron chi connectivity index (χ3n) is 4.51. The Morgan fingerprint density at radius 1 is 1.21 bits per heavy atom. The molecule has 0 radical (unpaired) electrons. The maximum absolute atomic E-state index is 13.3. The van der Waals surface area contributed by atoms with E-state index in [1.807, 2.05) is 22.9 Å². The Bertz CT molecular complexity index is 855. The quantitative estimate of drug-likeness (QED) is 0.768. The molecule has 0 atom stereocenters. The van der Waals surface area contributed by atoms with Crippen LogP contribution in [0, 0.1) is 0 Å². The molecule has 0 unspecified atom stereocenters. The van der Waals surface area contributed by atoms with Crippen LogP contribution in [0.2, 0.25) is 0 Å². The summed E-state index contributed by atoms with van der Waals surface area (Å²) in [6.07, 6.45) is 7.59. The van der Waals surface area contributed by atoms with Crippen LogP contribution in [0.4, 0.5) is 10.2 Å². The average Bonchev–Trinajstić information content (AvgIpc) is 3.06. The molecule has 1 aromatic carbocycles. The van der Waals surface area contributed by atoms with Crippen LogP contribution >= 0.6 is 0 Å². The Morgan fingerprint density at radius 3 is 2.83 bits per heavy atom. The molecule has 0 amide bonds. The minimum atomic E-state index is -0.680. The molecule has 1 saturated carbocycles. The van der Waals surface area contributed by atoms with Gasteiger partial charge in [0.15, 0.2) is 11.5 Å². The number of anilines is 1. The van der Waals surface area contributed by atoms with Crippen molar-refractivity contribution in [2.24, 2.45) is 0 Å². The molecule has 4 rings (SSSR count).